The van der Waals surface area contributed by atoms with Crippen LogP contribution < -0.4 is 15.1 Å². The quantitative estimate of drug-likeness (QED) is 0.640. The van der Waals surface area contributed by atoms with Crippen LogP contribution >= 0.6 is 0 Å². The molecule has 1 aromatic carbocycles. The number of carbonyl (C=O) groups excluding carboxylic acids is 1. The van der Waals surface area contributed by atoms with E-state index in [-0.39, 0.29) is 11.7 Å². The number of likely N-dealkylation sites (tertiary alicyclic amines) is 1. The first-order valence-corrected chi connectivity index (χ1v) is 8.52. The number of fused-ring (bicyclic) bond motifs is 1. The standard InChI is InChI=1S/C20H15N3O5/c1-26-16-4-2-3-13-7-15(20(25)28-18(13)16)19(24)23-10-14(11-23)27-17-6-5-12(8-21)9-22-17/h2-7,9,14H,10-11H2,1H3. The molecular formula is C20H15N3O5. The van der Waals surface area contributed by atoms with Crippen LogP contribution in [0.25, 0.3) is 11.0 Å². The number of benzene rings is 1. The van der Waals surface area contributed by atoms with Crippen LogP contribution in [0.15, 0.2) is 51.8 Å². The highest BCUT2D eigenvalue weighted by Crippen LogP contribution is 2.25. The molecule has 0 N–H and O–H groups in total. The molecule has 0 aliphatic carbocycles. The van der Waals surface area contributed by atoms with Gasteiger partial charge in [-0.1, -0.05) is 12.1 Å². The first kappa shape index (κ1) is 17.5. The lowest BCUT2D eigenvalue weighted by Gasteiger charge is -2.38. The fraction of sp³-hybridized carbons (Fsp3) is 0.200. The topological polar surface area (TPSA) is 106 Å². The van der Waals surface area contributed by atoms with Crippen molar-refractivity contribution in [3.05, 3.63) is 64.1 Å². The summed E-state index contributed by atoms with van der Waals surface area (Å²) in [5.74, 6) is 0.403. The van der Waals surface area contributed by atoms with Gasteiger partial charge in [-0.3, -0.25) is 4.79 Å². The van der Waals surface area contributed by atoms with E-state index >= 15 is 0 Å². The summed E-state index contributed by atoms with van der Waals surface area (Å²) >= 11 is 0. The summed E-state index contributed by atoms with van der Waals surface area (Å²) in [6, 6.07) is 11.9. The molecular weight excluding hydrogens is 362 g/mol. The van der Waals surface area contributed by atoms with Gasteiger partial charge in [-0.15, -0.1) is 0 Å². The molecule has 2 aromatic heterocycles. The van der Waals surface area contributed by atoms with Crippen molar-refractivity contribution in [2.75, 3.05) is 20.2 Å². The third-order valence-corrected chi connectivity index (χ3v) is 4.46. The summed E-state index contributed by atoms with van der Waals surface area (Å²) in [7, 11) is 1.48. The number of para-hydroxylation sites is 1. The van der Waals surface area contributed by atoms with Crippen LogP contribution in [0.2, 0.25) is 0 Å². The van der Waals surface area contributed by atoms with E-state index in [0.29, 0.717) is 41.3 Å². The van der Waals surface area contributed by atoms with Gasteiger partial charge in [-0.25, -0.2) is 9.78 Å². The molecule has 8 nitrogen and oxygen atoms in total. The first-order chi connectivity index (χ1) is 13.6. The molecule has 1 amide bonds. The number of carbonyl (C=O) groups is 1. The van der Waals surface area contributed by atoms with Gasteiger partial charge in [-0.05, 0) is 18.2 Å². The average molecular weight is 377 g/mol. The molecule has 1 aliphatic heterocycles. The number of rotatable bonds is 4. The number of ether oxygens (including phenoxy) is 2. The highest BCUT2D eigenvalue weighted by atomic mass is 16.5. The Bertz CT molecular complexity index is 1140. The van der Waals surface area contributed by atoms with Crippen molar-refractivity contribution in [3.63, 3.8) is 0 Å². The first-order valence-electron chi connectivity index (χ1n) is 8.52. The van der Waals surface area contributed by atoms with Crippen LogP contribution in [0.1, 0.15) is 15.9 Å². The molecule has 28 heavy (non-hydrogen) atoms. The fourth-order valence-electron chi connectivity index (χ4n) is 2.96. The average Bonchev–Trinajstić information content (AvgIpc) is 2.69. The molecule has 0 bridgehead atoms. The minimum atomic E-state index is -0.708. The van der Waals surface area contributed by atoms with Crippen LogP contribution in [0.4, 0.5) is 0 Å². The Kier molecular flexibility index (Phi) is 4.41. The van der Waals surface area contributed by atoms with Gasteiger partial charge in [-0.2, -0.15) is 5.26 Å². The van der Waals surface area contributed by atoms with E-state index in [1.54, 1.807) is 30.3 Å². The van der Waals surface area contributed by atoms with Crippen molar-refractivity contribution in [3.8, 4) is 17.7 Å². The third-order valence-electron chi connectivity index (χ3n) is 4.46. The largest absolute Gasteiger partial charge is 0.493 e. The maximum absolute atomic E-state index is 12.7. The Morgan fingerprint density at radius 1 is 1.32 bits per heavy atom. The van der Waals surface area contributed by atoms with Crippen LogP contribution in [0.5, 0.6) is 11.6 Å². The van der Waals surface area contributed by atoms with Crippen molar-refractivity contribution in [1.29, 1.82) is 5.26 Å². The molecule has 3 aromatic rings. The zero-order chi connectivity index (χ0) is 19.7. The molecule has 0 saturated carbocycles. The highest BCUT2D eigenvalue weighted by molar-refractivity contribution is 5.97. The van der Waals surface area contributed by atoms with Gasteiger partial charge in [0.1, 0.15) is 17.7 Å². The second kappa shape index (κ2) is 7.04. The number of amides is 1. The molecule has 0 radical (unpaired) electrons. The lowest BCUT2D eigenvalue weighted by atomic mass is 10.1. The van der Waals surface area contributed by atoms with Crippen LogP contribution in [-0.2, 0) is 0 Å². The monoisotopic (exact) mass is 377 g/mol. The summed E-state index contributed by atoms with van der Waals surface area (Å²) in [5, 5.41) is 9.38. The molecule has 1 aliphatic rings. The van der Waals surface area contributed by atoms with Gasteiger partial charge in [0.15, 0.2) is 11.3 Å². The van der Waals surface area contributed by atoms with Gasteiger partial charge in [0.05, 0.1) is 25.8 Å². The minimum Gasteiger partial charge on any atom is -0.493 e. The van der Waals surface area contributed by atoms with E-state index in [0.717, 1.165) is 0 Å². The van der Waals surface area contributed by atoms with Crippen molar-refractivity contribution >= 4 is 16.9 Å². The van der Waals surface area contributed by atoms with E-state index < -0.39 is 11.5 Å². The van der Waals surface area contributed by atoms with E-state index in [4.69, 9.17) is 19.2 Å². The van der Waals surface area contributed by atoms with E-state index in [1.807, 2.05) is 6.07 Å². The molecule has 140 valence electrons. The maximum Gasteiger partial charge on any atom is 0.349 e. The fourth-order valence-corrected chi connectivity index (χ4v) is 2.96. The van der Waals surface area contributed by atoms with Gasteiger partial charge < -0.3 is 18.8 Å². The predicted octanol–water partition coefficient (Wildman–Crippen LogP) is 1.97. The lowest BCUT2D eigenvalue weighted by molar-refractivity contribution is 0.0157. The van der Waals surface area contributed by atoms with Gasteiger partial charge in [0.25, 0.3) is 5.91 Å². The molecule has 4 rings (SSSR count). The highest BCUT2D eigenvalue weighted by Gasteiger charge is 2.34. The molecule has 1 saturated heterocycles. The number of hydrogen-bond acceptors (Lipinski definition) is 7. The Morgan fingerprint density at radius 2 is 2.14 bits per heavy atom. The number of methoxy groups -OCH3 is 1. The maximum atomic E-state index is 12.7. The summed E-state index contributed by atoms with van der Waals surface area (Å²) in [6.07, 6.45) is 1.20. The zero-order valence-electron chi connectivity index (χ0n) is 14.9. The molecule has 3 heterocycles. The molecule has 0 unspecified atom stereocenters. The molecule has 1 fully saturated rings. The number of pyridine rings is 1. The van der Waals surface area contributed by atoms with Crippen LogP contribution in [0, 0.1) is 11.3 Å². The molecule has 8 heteroatoms. The number of hydrogen-bond donors (Lipinski definition) is 0. The Balaban J connectivity index is 1.46. The zero-order valence-corrected chi connectivity index (χ0v) is 14.9. The van der Waals surface area contributed by atoms with Crippen molar-refractivity contribution in [1.82, 2.24) is 9.88 Å². The van der Waals surface area contributed by atoms with Crippen LogP contribution in [0.3, 0.4) is 0 Å². The minimum absolute atomic E-state index is 0.0318. The summed E-state index contributed by atoms with van der Waals surface area (Å²) in [4.78, 5) is 30.5. The van der Waals surface area contributed by atoms with E-state index in [2.05, 4.69) is 4.98 Å². The molecule has 0 atom stereocenters. The Hall–Kier alpha value is -3.86. The third kappa shape index (κ3) is 3.14. The second-order valence-electron chi connectivity index (χ2n) is 6.27. The lowest BCUT2D eigenvalue weighted by Crippen LogP contribution is -2.56. The van der Waals surface area contributed by atoms with E-state index in [1.165, 1.54) is 24.3 Å². The second-order valence-corrected chi connectivity index (χ2v) is 6.27. The number of aromatic nitrogens is 1. The summed E-state index contributed by atoms with van der Waals surface area (Å²) in [6.45, 7) is 0.659. The molecule has 0 spiro atoms. The number of nitriles is 1. The van der Waals surface area contributed by atoms with Gasteiger partial charge in [0.2, 0.25) is 5.88 Å². The van der Waals surface area contributed by atoms with Gasteiger partial charge >= 0.3 is 5.63 Å². The van der Waals surface area contributed by atoms with Gasteiger partial charge in [0, 0.05) is 17.6 Å². The smallest absolute Gasteiger partial charge is 0.349 e. The van der Waals surface area contributed by atoms with Crippen molar-refractivity contribution in [2.24, 2.45) is 0 Å². The normalized spacial score (nSPS) is 13.6. The number of nitrogens with zero attached hydrogens (tertiary/aromatic N) is 3. The van der Waals surface area contributed by atoms with Crippen molar-refractivity contribution < 1.29 is 18.7 Å². The summed E-state index contributed by atoms with van der Waals surface area (Å²) in [5.41, 5.74) is 0.0107. The van der Waals surface area contributed by atoms with Crippen LogP contribution in [-0.4, -0.2) is 42.1 Å². The van der Waals surface area contributed by atoms with Crippen molar-refractivity contribution in [2.45, 2.75) is 6.10 Å². The summed E-state index contributed by atoms with van der Waals surface area (Å²) < 4.78 is 16.1. The SMILES string of the molecule is COc1cccc2cc(C(=O)N3CC(Oc4ccc(C#N)cn4)C3)c(=O)oc12. The predicted molar refractivity (Wildman–Crippen MR) is 98.3 cm³/mol. The Morgan fingerprint density at radius 3 is 2.82 bits per heavy atom. The Labute approximate surface area is 159 Å². The van der Waals surface area contributed by atoms with E-state index in [9.17, 15) is 9.59 Å².